The molecular weight excluding hydrogens is 180 g/mol. The Morgan fingerprint density at radius 3 is 3.14 bits per heavy atom. The van der Waals surface area contributed by atoms with E-state index in [4.69, 9.17) is 9.47 Å². The molecule has 0 aromatic carbocycles. The van der Waals surface area contributed by atoms with Gasteiger partial charge in [0.2, 0.25) is 0 Å². The Hall–Kier alpha value is -0.830. The van der Waals surface area contributed by atoms with Crippen molar-refractivity contribution in [1.29, 1.82) is 0 Å². The second-order valence-electron chi connectivity index (χ2n) is 4.25. The van der Waals surface area contributed by atoms with Gasteiger partial charge in [-0.15, -0.1) is 0 Å². The molecule has 0 aromatic heterocycles. The number of carbonyl (C=O) groups excluding carboxylic acids is 1. The van der Waals surface area contributed by atoms with Gasteiger partial charge in [-0.25, -0.2) is 0 Å². The summed E-state index contributed by atoms with van der Waals surface area (Å²) in [6.07, 6.45) is 4.38. The summed E-state index contributed by atoms with van der Waals surface area (Å²) in [6.45, 7) is 0.736. The Kier molecular flexibility index (Phi) is 1.87. The molecule has 3 aliphatic rings. The van der Waals surface area contributed by atoms with Crippen LogP contribution in [0.4, 0.5) is 0 Å². The zero-order valence-corrected chi connectivity index (χ0v) is 8.12. The standard InChI is InChI=1S/C11H14O3/c12-8-2-1-3-9-11(8)7-4-5-13-10(6-7)14-9/h7,10H,1-6H2. The van der Waals surface area contributed by atoms with Gasteiger partial charge in [0.1, 0.15) is 5.76 Å². The predicted octanol–water partition coefficient (Wildman–Crippen LogP) is 1.78. The van der Waals surface area contributed by atoms with Gasteiger partial charge in [-0.1, -0.05) is 0 Å². The first-order chi connectivity index (χ1) is 6.84. The van der Waals surface area contributed by atoms with E-state index >= 15 is 0 Å². The fourth-order valence-corrected chi connectivity index (χ4v) is 2.68. The average molecular weight is 194 g/mol. The van der Waals surface area contributed by atoms with Crippen molar-refractivity contribution in [2.45, 2.75) is 38.4 Å². The highest BCUT2D eigenvalue weighted by Crippen LogP contribution is 2.40. The van der Waals surface area contributed by atoms with Crippen molar-refractivity contribution in [3.05, 3.63) is 11.3 Å². The summed E-state index contributed by atoms with van der Waals surface area (Å²) in [4.78, 5) is 11.7. The van der Waals surface area contributed by atoms with E-state index in [0.29, 0.717) is 18.1 Å². The van der Waals surface area contributed by atoms with Crippen LogP contribution in [0.2, 0.25) is 0 Å². The van der Waals surface area contributed by atoms with Crippen molar-refractivity contribution >= 4 is 5.78 Å². The quantitative estimate of drug-likeness (QED) is 0.589. The molecule has 1 fully saturated rings. The second-order valence-corrected chi connectivity index (χ2v) is 4.25. The first-order valence-corrected chi connectivity index (χ1v) is 5.39. The molecule has 3 heteroatoms. The number of hydrogen-bond donors (Lipinski definition) is 0. The van der Waals surface area contributed by atoms with Crippen LogP contribution in [0.15, 0.2) is 11.3 Å². The van der Waals surface area contributed by atoms with Crippen molar-refractivity contribution in [1.82, 2.24) is 0 Å². The molecule has 3 nitrogen and oxygen atoms in total. The minimum atomic E-state index is -0.0709. The Morgan fingerprint density at radius 2 is 2.21 bits per heavy atom. The van der Waals surface area contributed by atoms with Crippen molar-refractivity contribution < 1.29 is 14.3 Å². The van der Waals surface area contributed by atoms with Crippen molar-refractivity contribution in [2.24, 2.45) is 5.92 Å². The number of allylic oxidation sites excluding steroid dienone is 2. The predicted molar refractivity (Wildman–Crippen MR) is 49.4 cm³/mol. The normalized spacial score (nSPS) is 36.4. The van der Waals surface area contributed by atoms with Gasteiger partial charge in [0, 0.05) is 24.8 Å². The smallest absolute Gasteiger partial charge is 0.199 e. The van der Waals surface area contributed by atoms with E-state index in [-0.39, 0.29) is 6.29 Å². The van der Waals surface area contributed by atoms with Gasteiger partial charge >= 0.3 is 0 Å². The lowest BCUT2D eigenvalue weighted by atomic mass is 9.81. The minimum absolute atomic E-state index is 0.0709. The maximum Gasteiger partial charge on any atom is 0.199 e. The molecule has 0 radical (unpaired) electrons. The van der Waals surface area contributed by atoms with E-state index < -0.39 is 0 Å². The van der Waals surface area contributed by atoms with E-state index in [1.165, 1.54) is 0 Å². The summed E-state index contributed by atoms with van der Waals surface area (Å²) < 4.78 is 11.1. The van der Waals surface area contributed by atoms with Crippen molar-refractivity contribution in [2.75, 3.05) is 6.61 Å². The Labute approximate surface area is 83.1 Å². The third kappa shape index (κ3) is 1.19. The zero-order chi connectivity index (χ0) is 9.54. The molecule has 0 aromatic rings. The highest BCUT2D eigenvalue weighted by molar-refractivity contribution is 5.97. The lowest BCUT2D eigenvalue weighted by Gasteiger charge is -2.38. The number of carbonyl (C=O) groups is 1. The molecule has 2 unspecified atom stereocenters. The molecule has 1 aliphatic carbocycles. The lowest BCUT2D eigenvalue weighted by molar-refractivity contribution is -0.166. The summed E-state index contributed by atoms with van der Waals surface area (Å²) in [5.41, 5.74) is 0.996. The maximum absolute atomic E-state index is 11.7. The molecule has 2 bridgehead atoms. The Morgan fingerprint density at radius 1 is 1.29 bits per heavy atom. The molecule has 0 saturated carbocycles. The van der Waals surface area contributed by atoms with Crippen LogP contribution in [0.3, 0.4) is 0 Å². The molecule has 2 heterocycles. The number of rotatable bonds is 0. The third-order valence-electron chi connectivity index (χ3n) is 3.34. The van der Waals surface area contributed by atoms with Crippen molar-refractivity contribution in [3.8, 4) is 0 Å². The largest absolute Gasteiger partial charge is 0.469 e. The van der Waals surface area contributed by atoms with Gasteiger partial charge in [0.25, 0.3) is 0 Å². The number of Topliss-reactive ketones (excluding diaryl/α,β-unsaturated/α-hetero) is 1. The topological polar surface area (TPSA) is 35.5 Å². The number of hydrogen-bond acceptors (Lipinski definition) is 3. The van der Waals surface area contributed by atoms with Gasteiger partial charge in [0.05, 0.1) is 6.61 Å². The minimum Gasteiger partial charge on any atom is -0.469 e. The molecule has 1 saturated heterocycles. The van der Waals surface area contributed by atoms with Gasteiger partial charge in [-0.3, -0.25) is 4.79 Å². The molecule has 76 valence electrons. The highest BCUT2D eigenvalue weighted by Gasteiger charge is 2.38. The van der Waals surface area contributed by atoms with E-state index in [1.54, 1.807) is 0 Å². The lowest BCUT2D eigenvalue weighted by Crippen LogP contribution is -2.37. The summed E-state index contributed by atoms with van der Waals surface area (Å²) >= 11 is 0. The molecule has 0 spiro atoms. The maximum atomic E-state index is 11.7. The molecule has 3 rings (SSSR count). The van der Waals surface area contributed by atoms with Gasteiger partial charge in [0.15, 0.2) is 12.1 Å². The summed E-state index contributed by atoms with van der Waals surface area (Å²) in [5.74, 6) is 1.67. The van der Waals surface area contributed by atoms with Crippen LogP contribution in [0.1, 0.15) is 32.1 Å². The zero-order valence-electron chi connectivity index (χ0n) is 8.12. The molecule has 14 heavy (non-hydrogen) atoms. The molecule has 2 aliphatic heterocycles. The van der Waals surface area contributed by atoms with E-state index in [9.17, 15) is 4.79 Å². The van der Waals surface area contributed by atoms with E-state index in [2.05, 4.69) is 0 Å². The van der Waals surface area contributed by atoms with Crippen LogP contribution >= 0.6 is 0 Å². The van der Waals surface area contributed by atoms with Crippen molar-refractivity contribution in [3.63, 3.8) is 0 Å². The molecule has 0 amide bonds. The molecule has 0 N–H and O–H groups in total. The van der Waals surface area contributed by atoms with Crippen LogP contribution in [-0.4, -0.2) is 18.7 Å². The molecule has 2 atom stereocenters. The first kappa shape index (κ1) is 8.48. The summed E-state index contributed by atoms with van der Waals surface area (Å²) in [7, 11) is 0. The fraction of sp³-hybridized carbons (Fsp3) is 0.727. The summed E-state index contributed by atoms with van der Waals surface area (Å²) in [5, 5.41) is 0. The van der Waals surface area contributed by atoms with Gasteiger partial charge in [-0.05, 0) is 18.8 Å². The van der Waals surface area contributed by atoms with E-state index in [0.717, 1.165) is 43.6 Å². The number of ether oxygens (including phenoxy) is 2. The highest BCUT2D eigenvalue weighted by atomic mass is 16.7. The second kappa shape index (κ2) is 3.09. The molecular formula is C11H14O3. The van der Waals surface area contributed by atoms with Crippen LogP contribution in [0.25, 0.3) is 0 Å². The van der Waals surface area contributed by atoms with Crippen LogP contribution < -0.4 is 0 Å². The first-order valence-electron chi connectivity index (χ1n) is 5.39. The van der Waals surface area contributed by atoms with E-state index in [1.807, 2.05) is 0 Å². The Balaban J connectivity index is 1.99. The Bertz CT molecular complexity index is 306. The van der Waals surface area contributed by atoms with Crippen LogP contribution in [0.5, 0.6) is 0 Å². The van der Waals surface area contributed by atoms with Crippen LogP contribution in [-0.2, 0) is 14.3 Å². The van der Waals surface area contributed by atoms with Gasteiger partial charge in [-0.2, -0.15) is 0 Å². The SMILES string of the molecule is O=C1CCCC2=C1C1CCOC(C1)O2. The summed E-state index contributed by atoms with van der Waals surface area (Å²) in [6, 6.07) is 0. The third-order valence-corrected chi connectivity index (χ3v) is 3.34. The average Bonchev–Trinajstić information content (AvgIpc) is 2.17. The fourth-order valence-electron chi connectivity index (χ4n) is 2.68. The number of ketones is 1. The van der Waals surface area contributed by atoms with Crippen LogP contribution in [0, 0.1) is 5.92 Å². The monoisotopic (exact) mass is 194 g/mol. The number of fused-ring (bicyclic) bond motifs is 3. The van der Waals surface area contributed by atoms with Gasteiger partial charge < -0.3 is 9.47 Å².